The van der Waals surface area contributed by atoms with Crippen LogP contribution in [0.5, 0.6) is 0 Å². The molecule has 5 nitrogen and oxygen atoms in total. The van der Waals surface area contributed by atoms with Gasteiger partial charge in [0.1, 0.15) is 5.69 Å². The molecule has 2 aliphatic rings. The van der Waals surface area contributed by atoms with Crippen molar-refractivity contribution >= 4 is 22.7 Å². The fourth-order valence-corrected chi connectivity index (χ4v) is 4.30. The maximum atomic E-state index is 12.9. The number of para-hydroxylation sites is 1. The number of rotatable bonds is 3. The number of aromatic amines is 1. The Balaban J connectivity index is 1.40. The van der Waals surface area contributed by atoms with Crippen molar-refractivity contribution in [2.45, 2.75) is 51.0 Å². The van der Waals surface area contributed by atoms with Gasteiger partial charge in [-0.15, -0.1) is 0 Å². The lowest BCUT2D eigenvalue weighted by molar-refractivity contribution is -0.127. The number of benzene rings is 1. The Kier molecular flexibility index (Phi) is 4.96. The standard InChI is InChI=1S/C21H27N3O2/c25-20(22-17-9-2-1-3-10-17)16-8-6-12-24(14-16)21(26)19-13-15-7-4-5-11-18(15)23-19/h4-5,7,11,13,16-17,23H,1-3,6,8-10,12,14H2,(H,22,25)/t16-/m0/s1. The van der Waals surface area contributed by atoms with Gasteiger partial charge in [-0.05, 0) is 37.8 Å². The lowest BCUT2D eigenvalue weighted by atomic mass is 9.93. The summed E-state index contributed by atoms with van der Waals surface area (Å²) in [6.45, 7) is 1.24. The van der Waals surface area contributed by atoms with Crippen LogP contribution < -0.4 is 5.32 Å². The molecule has 0 radical (unpaired) electrons. The molecule has 5 heteroatoms. The van der Waals surface area contributed by atoms with E-state index >= 15 is 0 Å². The van der Waals surface area contributed by atoms with Crippen molar-refractivity contribution in [2.75, 3.05) is 13.1 Å². The molecule has 0 spiro atoms. The highest BCUT2D eigenvalue weighted by molar-refractivity contribution is 5.98. The molecule has 1 aromatic carbocycles. The number of carbonyl (C=O) groups is 2. The SMILES string of the molecule is O=C(NC1CCCCC1)[C@H]1CCCN(C(=O)c2cc3ccccc3[nH]2)C1. The first-order chi connectivity index (χ1) is 12.7. The summed E-state index contributed by atoms with van der Waals surface area (Å²) in [7, 11) is 0. The number of carbonyl (C=O) groups excluding carboxylic acids is 2. The van der Waals surface area contributed by atoms with E-state index in [0.717, 1.165) is 43.1 Å². The third kappa shape index (κ3) is 3.62. The Morgan fingerprint density at radius 1 is 1.04 bits per heavy atom. The second-order valence-electron chi connectivity index (χ2n) is 7.70. The van der Waals surface area contributed by atoms with E-state index in [0.29, 0.717) is 18.3 Å². The molecule has 2 amide bonds. The molecule has 2 fully saturated rings. The predicted molar refractivity (Wildman–Crippen MR) is 102 cm³/mol. The number of fused-ring (bicyclic) bond motifs is 1. The lowest BCUT2D eigenvalue weighted by Crippen LogP contribution is -2.48. The number of amides is 2. The fraction of sp³-hybridized carbons (Fsp3) is 0.524. The summed E-state index contributed by atoms with van der Waals surface area (Å²) >= 11 is 0. The first kappa shape index (κ1) is 17.1. The first-order valence-electron chi connectivity index (χ1n) is 9.88. The minimum Gasteiger partial charge on any atom is -0.353 e. The largest absolute Gasteiger partial charge is 0.353 e. The highest BCUT2D eigenvalue weighted by atomic mass is 16.2. The van der Waals surface area contributed by atoms with Crippen LogP contribution in [0.15, 0.2) is 30.3 Å². The van der Waals surface area contributed by atoms with Gasteiger partial charge in [0.05, 0.1) is 5.92 Å². The van der Waals surface area contributed by atoms with Crippen LogP contribution in [0.2, 0.25) is 0 Å². The number of aromatic nitrogens is 1. The molecular weight excluding hydrogens is 326 g/mol. The summed E-state index contributed by atoms with van der Waals surface area (Å²) in [6.07, 6.45) is 7.64. The molecule has 2 aromatic rings. The van der Waals surface area contributed by atoms with E-state index in [1.807, 2.05) is 35.2 Å². The fourth-order valence-electron chi connectivity index (χ4n) is 4.30. The van der Waals surface area contributed by atoms with Crippen LogP contribution in [0, 0.1) is 5.92 Å². The molecule has 1 aliphatic heterocycles. The van der Waals surface area contributed by atoms with Gasteiger partial charge in [0.25, 0.3) is 5.91 Å². The molecule has 2 heterocycles. The highest BCUT2D eigenvalue weighted by Gasteiger charge is 2.30. The molecule has 1 aromatic heterocycles. The summed E-state index contributed by atoms with van der Waals surface area (Å²) in [5.41, 5.74) is 1.58. The summed E-state index contributed by atoms with van der Waals surface area (Å²) < 4.78 is 0. The van der Waals surface area contributed by atoms with Crippen molar-refractivity contribution in [1.82, 2.24) is 15.2 Å². The van der Waals surface area contributed by atoms with Gasteiger partial charge in [0.15, 0.2) is 0 Å². The van der Waals surface area contributed by atoms with Crippen molar-refractivity contribution in [3.63, 3.8) is 0 Å². The van der Waals surface area contributed by atoms with E-state index in [1.165, 1.54) is 19.3 Å². The van der Waals surface area contributed by atoms with E-state index in [4.69, 9.17) is 0 Å². The van der Waals surface area contributed by atoms with Crippen molar-refractivity contribution in [1.29, 1.82) is 0 Å². The van der Waals surface area contributed by atoms with Crippen LogP contribution in [-0.4, -0.2) is 40.8 Å². The van der Waals surface area contributed by atoms with Crippen LogP contribution in [-0.2, 0) is 4.79 Å². The van der Waals surface area contributed by atoms with Crippen LogP contribution in [0.1, 0.15) is 55.4 Å². The topological polar surface area (TPSA) is 65.2 Å². The predicted octanol–water partition coefficient (Wildman–Crippen LogP) is 3.47. The molecule has 1 aliphatic carbocycles. The number of nitrogens with zero attached hydrogens (tertiary/aromatic N) is 1. The van der Waals surface area contributed by atoms with Crippen LogP contribution in [0.4, 0.5) is 0 Å². The Morgan fingerprint density at radius 2 is 1.85 bits per heavy atom. The van der Waals surface area contributed by atoms with E-state index < -0.39 is 0 Å². The van der Waals surface area contributed by atoms with E-state index in [9.17, 15) is 9.59 Å². The van der Waals surface area contributed by atoms with Gasteiger partial charge in [-0.3, -0.25) is 9.59 Å². The molecule has 138 valence electrons. The normalized spacial score (nSPS) is 21.7. The third-order valence-electron chi connectivity index (χ3n) is 5.79. The van der Waals surface area contributed by atoms with Gasteiger partial charge in [0, 0.05) is 30.0 Å². The monoisotopic (exact) mass is 353 g/mol. The summed E-state index contributed by atoms with van der Waals surface area (Å²) in [5.74, 6) is 0.0430. The molecule has 2 N–H and O–H groups in total. The second-order valence-corrected chi connectivity index (χ2v) is 7.70. The zero-order valence-corrected chi connectivity index (χ0v) is 15.2. The van der Waals surface area contributed by atoms with Crippen LogP contribution >= 0.6 is 0 Å². The number of hydrogen-bond acceptors (Lipinski definition) is 2. The Bertz CT molecular complexity index is 758. The van der Waals surface area contributed by atoms with E-state index in [1.54, 1.807) is 0 Å². The van der Waals surface area contributed by atoms with Gasteiger partial charge in [-0.1, -0.05) is 37.5 Å². The zero-order valence-electron chi connectivity index (χ0n) is 15.2. The van der Waals surface area contributed by atoms with Crippen molar-refractivity contribution in [3.05, 3.63) is 36.0 Å². The highest BCUT2D eigenvalue weighted by Crippen LogP contribution is 2.23. The molecule has 1 atom stereocenters. The number of likely N-dealkylation sites (tertiary alicyclic amines) is 1. The molecule has 4 rings (SSSR count). The minimum absolute atomic E-state index is 0.00336. The maximum absolute atomic E-state index is 12.9. The minimum atomic E-state index is -0.0843. The van der Waals surface area contributed by atoms with Crippen molar-refractivity contribution in [2.24, 2.45) is 5.92 Å². The van der Waals surface area contributed by atoms with E-state index in [-0.39, 0.29) is 17.7 Å². The summed E-state index contributed by atoms with van der Waals surface area (Å²) in [6, 6.07) is 10.1. The molecular formula is C21H27N3O2. The van der Waals surface area contributed by atoms with Crippen molar-refractivity contribution in [3.8, 4) is 0 Å². The second kappa shape index (κ2) is 7.52. The average Bonchev–Trinajstić information content (AvgIpc) is 3.12. The molecule has 26 heavy (non-hydrogen) atoms. The maximum Gasteiger partial charge on any atom is 0.270 e. The lowest BCUT2D eigenvalue weighted by Gasteiger charge is -2.33. The smallest absolute Gasteiger partial charge is 0.270 e. The van der Waals surface area contributed by atoms with Crippen LogP contribution in [0.25, 0.3) is 10.9 Å². The van der Waals surface area contributed by atoms with Gasteiger partial charge in [-0.25, -0.2) is 0 Å². The van der Waals surface area contributed by atoms with Gasteiger partial charge < -0.3 is 15.2 Å². The average molecular weight is 353 g/mol. The third-order valence-corrected chi connectivity index (χ3v) is 5.79. The molecule has 1 saturated heterocycles. The number of hydrogen-bond donors (Lipinski definition) is 2. The quantitative estimate of drug-likeness (QED) is 0.887. The van der Waals surface area contributed by atoms with Crippen LogP contribution in [0.3, 0.4) is 0 Å². The van der Waals surface area contributed by atoms with Gasteiger partial charge >= 0.3 is 0 Å². The van der Waals surface area contributed by atoms with Crippen molar-refractivity contribution < 1.29 is 9.59 Å². The summed E-state index contributed by atoms with van der Waals surface area (Å²) in [4.78, 5) is 30.6. The number of piperidine rings is 1. The Morgan fingerprint density at radius 3 is 2.65 bits per heavy atom. The molecule has 0 unspecified atom stereocenters. The molecule has 1 saturated carbocycles. The Hall–Kier alpha value is -2.30. The van der Waals surface area contributed by atoms with Gasteiger partial charge in [-0.2, -0.15) is 0 Å². The number of H-pyrrole nitrogens is 1. The molecule has 0 bridgehead atoms. The zero-order chi connectivity index (χ0) is 17.9. The first-order valence-corrected chi connectivity index (χ1v) is 9.88. The Labute approximate surface area is 154 Å². The van der Waals surface area contributed by atoms with Gasteiger partial charge in [0.2, 0.25) is 5.91 Å². The summed E-state index contributed by atoms with van der Waals surface area (Å²) in [5, 5.41) is 4.27. The number of nitrogens with one attached hydrogen (secondary N) is 2. The van der Waals surface area contributed by atoms with E-state index in [2.05, 4.69) is 10.3 Å².